The Labute approximate surface area is 157 Å². The fourth-order valence-electron chi connectivity index (χ4n) is 3.21. The van der Waals surface area contributed by atoms with Crippen molar-refractivity contribution in [1.82, 2.24) is 24.8 Å². The number of hydrogen-bond donors (Lipinski definition) is 2. The molecule has 142 valence electrons. The Balaban J connectivity index is 1.46. The van der Waals surface area contributed by atoms with Crippen molar-refractivity contribution in [2.75, 3.05) is 31.6 Å². The molecule has 1 atom stereocenters. The Kier molecular flexibility index (Phi) is 5.17. The zero-order valence-corrected chi connectivity index (χ0v) is 15.6. The van der Waals surface area contributed by atoms with Crippen LogP contribution >= 0.6 is 0 Å². The monoisotopic (exact) mass is 368 g/mol. The summed E-state index contributed by atoms with van der Waals surface area (Å²) in [7, 11) is 0. The van der Waals surface area contributed by atoms with E-state index in [4.69, 9.17) is 9.47 Å². The molecule has 1 fully saturated rings. The number of aryl methyl sites for hydroxylation is 1. The van der Waals surface area contributed by atoms with Gasteiger partial charge in [-0.25, -0.2) is 9.97 Å². The number of nitrogens with zero attached hydrogens (tertiary/aromatic N) is 4. The first-order valence-electron chi connectivity index (χ1n) is 9.25. The number of morpholine rings is 1. The van der Waals surface area contributed by atoms with E-state index in [-0.39, 0.29) is 6.23 Å². The van der Waals surface area contributed by atoms with Gasteiger partial charge in [0.15, 0.2) is 11.9 Å². The van der Waals surface area contributed by atoms with E-state index < -0.39 is 0 Å². The van der Waals surface area contributed by atoms with Crippen LogP contribution in [0.4, 0.5) is 11.6 Å². The summed E-state index contributed by atoms with van der Waals surface area (Å²) in [6.45, 7) is 7.53. The number of imidazole rings is 1. The molecule has 0 spiro atoms. The van der Waals surface area contributed by atoms with Crippen LogP contribution in [0.25, 0.3) is 11.2 Å². The van der Waals surface area contributed by atoms with Gasteiger partial charge >= 0.3 is 0 Å². The number of aromatic amines is 1. The van der Waals surface area contributed by atoms with E-state index in [1.165, 1.54) is 0 Å². The van der Waals surface area contributed by atoms with Crippen LogP contribution in [0, 0.1) is 6.92 Å². The first-order chi connectivity index (χ1) is 13.2. The summed E-state index contributed by atoms with van der Waals surface area (Å²) in [5.74, 6) is 1.38. The molecule has 0 radical (unpaired) electrons. The highest BCUT2D eigenvalue weighted by Crippen LogP contribution is 2.25. The standard InChI is InChI=1S/C19H24N6O2/c1-3-17(25-6-8-26-9-7-25)27-14-4-5-15(13(2)10-14)23-19-20-11-16-18(24-19)22-12-21-16/h4-5,10-12,17H,3,6-9H2,1-2H3,(H2,20,21,22,23,24). The van der Waals surface area contributed by atoms with Gasteiger partial charge in [0.2, 0.25) is 5.95 Å². The Morgan fingerprint density at radius 3 is 2.93 bits per heavy atom. The first kappa shape index (κ1) is 17.7. The topological polar surface area (TPSA) is 88.2 Å². The molecule has 27 heavy (non-hydrogen) atoms. The Morgan fingerprint density at radius 1 is 1.30 bits per heavy atom. The lowest BCUT2D eigenvalue weighted by atomic mass is 10.2. The SMILES string of the molecule is CCC(Oc1ccc(Nc2ncc3[nH]cnc3n2)c(C)c1)N1CCOCC1. The predicted octanol–water partition coefficient (Wildman–Crippen LogP) is 2.85. The molecule has 0 bridgehead atoms. The van der Waals surface area contributed by atoms with Crippen molar-refractivity contribution >= 4 is 22.8 Å². The molecule has 2 N–H and O–H groups in total. The molecule has 4 rings (SSSR count). The van der Waals surface area contributed by atoms with Crippen molar-refractivity contribution in [3.05, 3.63) is 36.3 Å². The van der Waals surface area contributed by atoms with Crippen molar-refractivity contribution in [1.29, 1.82) is 0 Å². The second-order valence-corrected chi connectivity index (χ2v) is 6.56. The normalized spacial score (nSPS) is 16.4. The number of ether oxygens (including phenoxy) is 2. The lowest BCUT2D eigenvalue weighted by Crippen LogP contribution is -2.46. The van der Waals surface area contributed by atoms with Crippen LogP contribution in [0.2, 0.25) is 0 Å². The summed E-state index contributed by atoms with van der Waals surface area (Å²) in [5, 5.41) is 3.25. The molecular weight excluding hydrogens is 344 g/mol. The van der Waals surface area contributed by atoms with Crippen LogP contribution in [-0.4, -0.2) is 57.4 Å². The van der Waals surface area contributed by atoms with Gasteiger partial charge in [-0.15, -0.1) is 0 Å². The highest BCUT2D eigenvalue weighted by Gasteiger charge is 2.21. The second-order valence-electron chi connectivity index (χ2n) is 6.56. The Bertz CT molecular complexity index is 906. The van der Waals surface area contributed by atoms with Gasteiger partial charge in [0.25, 0.3) is 0 Å². The zero-order chi connectivity index (χ0) is 18.6. The van der Waals surface area contributed by atoms with Gasteiger partial charge in [0.05, 0.1) is 25.7 Å². The van der Waals surface area contributed by atoms with Crippen molar-refractivity contribution in [2.45, 2.75) is 26.5 Å². The summed E-state index contributed by atoms with van der Waals surface area (Å²) >= 11 is 0. The van der Waals surface area contributed by atoms with Crippen LogP contribution < -0.4 is 10.1 Å². The van der Waals surface area contributed by atoms with E-state index in [1.54, 1.807) is 12.5 Å². The minimum absolute atomic E-state index is 0.0671. The molecule has 0 aliphatic carbocycles. The van der Waals surface area contributed by atoms with E-state index in [1.807, 2.05) is 25.1 Å². The maximum atomic E-state index is 6.23. The molecule has 8 heteroatoms. The largest absolute Gasteiger partial charge is 0.475 e. The Morgan fingerprint density at radius 2 is 2.15 bits per heavy atom. The molecule has 1 aliphatic rings. The van der Waals surface area contributed by atoms with Gasteiger partial charge in [-0.3, -0.25) is 4.90 Å². The van der Waals surface area contributed by atoms with Gasteiger partial charge in [0.1, 0.15) is 11.3 Å². The van der Waals surface area contributed by atoms with Crippen LogP contribution in [0.5, 0.6) is 5.75 Å². The van der Waals surface area contributed by atoms with Crippen LogP contribution in [0.15, 0.2) is 30.7 Å². The van der Waals surface area contributed by atoms with E-state index in [0.29, 0.717) is 11.6 Å². The van der Waals surface area contributed by atoms with Gasteiger partial charge < -0.3 is 19.8 Å². The zero-order valence-electron chi connectivity index (χ0n) is 15.6. The molecule has 1 aromatic carbocycles. The number of aromatic nitrogens is 4. The molecular formula is C19H24N6O2. The number of fused-ring (bicyclic) bond motifs is 1. The molecule has 2 aromatic heterocycles. The van der Waals surface area contributed by atoms with Crippen LogP contribution in [-0.2, 0) is 4.74 Å². The van der Waals surface area contributed by atoms with Crippen LogP contribution in [0.3, 0.4) is 0 Å². The third kappa shape index (κ3) is 4.01. The number of nitrogens with one attached hydrogen (secondary N) is 2. The van der Waals surface area contributed by atoms with Gasteiger partial charge in [-0.2, -0.15) is 4.98 Å². The number of H-pyrrole nitrogens is 1. The maximum absolute atomic E-state index is 6.23. The fourth-order valence-corrected chi connectivity index (χ4v) is 3.21. The summed E-state index contributed by atoms with van der Waals surface area (Å²) in [5.41, 5.74) is 3.46. The van der Waals surface area contributed by atoms with E-state index >= 15 is 0 Å². The molecule has 0 amide bonds. The third-order valence-corrected chi connectivity index (χ3v) is 4.69. The summed E-state index contributed by atoms with van der Waals surface area (Å²) in [6.07, 6.45) is 4.33. The van der Waals surface area contributed by atoms with E-state index in [0.717, 1.165) is 55.2 Å². The predicted molar refractivity (Wildman–Crippen MR) is 103 cm³/mol. The average molecular weight is 368 g/mol. The lowest BCUT2D eigenvalue weighted by Gasteiger charge is -2.34. The van der Waals surface area contributed by atoms with Gasteiger partial charge in [-0.1, -0.05) is 6.92 Å². The summed E-state index contributed by atoms with van der Waals surface area (Å²) in [4.78, 5) is 18.2. The first-order valence-corrected chi connectivity index (χ1v) is 9.25. The molecule has 1 unspecified atom stereocenters. The molecule has 1 aliphatic heterocycles. The van der Waals surface area contributed by atoms with Crippen LogP contribution in [0.1, 0.15) is 18.9 Å². The number of rotatable bonds is 6. The molecule has 3 heterocycles. The van der Waals surface area contributed by atoms with Crippen molar-refractivity contribution in [3.8, 4) is 5.75 Å². The van der Waals surface area contributed by atoms with Gasteiger partial charge in [-0.05, 0) is 37.1 Å². The van der Waals surface area contributed by atoms with Crippen molar-refractivity contribution < 1.29 is 9.47 Å². The van der Waals surface area contributed by atoms with E-state index in [2.05, 4.69) is 37.1 Å². The molecule has 0 saturated carbocycles. The quantitative estimate of drug-likeness (QED) is 0.692. The van der Waals surface area contributed by atoms with Crippen molar-refractivity contribution in [3.63, 3.8) is 0 Å². The highest BCUT2D eigenvalue weighted by molar-refractivity contribution is 5.71. The smallest absolute Gasteiger partial charge is 0.229 e. The maximum Gasteiger partial charge on any atom is 0.229 e. The van der Waals surface area contributed by atoms with E-state index in [9.17, 15) is 0 Å². The number of benzene rings is 1. The third-order valence-electron chi connectivity index (χ3n) is 4.69. The highest BCUT2D eigenvalue weighted by atomic mass is 16.5. The summed E-state index contributed by atoms with van der Waals surface area (Å²) in [6, 6.07) is 6.01. The molecule has 3 aromatic rings. The molecule has 1 saturated heterocycles. The number of anilines is 2. The molecule has 8 nitrogen and oxygen atoms in total. The summed E-state index contributed by atoms with van der Waals surface area (Å²) < 4.78 is 11.7. The number of hydrogen-bond acceptors (Lipinski definition) is 7. The fraction of sp³-hybridized carbons (Fsp3) is 0.421. The minimum atomic E-state index is 0.0671. The lowest BCUT2D eigenvalue weighted by molar-refractivity contribution is -0.0468. The Hall–Kier alpha value is -2.71. The van der Waals surface area contributed by atoms with Gasteiger partial charge in [0, 0.05) is 18.8 Å². The minimum Gasteiger partial charge on any atom is -0.475 e. The van der Waals surface area contributed by atoms with Crippen molar-refractivity contribution in [2.24, 2.45) is 0 Å². The second kappa shape index (κ2) is 7.89. The average Bonchev–Trinajstić information content (AvgIpc) is 3.16.